The van der Waals surface area contributed by atoms with Crippen molar-refractivity contribution in [1.82, 2.24) is 9.96 Å². The molecule has 2 aliphatic rings. The first-order valence-corrected chi connectivity index (χ1v) is 11.6. The second kappa shape index (κ2) is 11.5. The maximum absolute atomic E-state index is 10.6. The maximum atomic E-state index is 10.6. The van der Waals surface area contributed by atoms with Crippen molar-refractivity contribution in [1.29, 1.82) is 0 Å². The minimum absolute atomic E-state index is 0.308. The molecule has 0 amide bonds. The van der Waals surface area contributed by atoms with Crippen molar-refractivity contribution in [3.8, 4) is 5.75 Å². The standard InChI is InChI=1S/C25H35N3O3/c29-24(20-26-12-7-13-27(16-15-26)23-9-2-1-3-10-23)21-30-25-11-6-8-22(18-25)19-28-14-4-5-17-31-28/h1-3,6,8-11,18,24,29H,4-5,7,12-17,19-21H2. The summed E-state index contributed by atoms with van der Waals surface area (Å²) in [6, 6.07) is 18.7. The number of aliphatic hydroxyl groups excluding tert-OH is 1. The van der Waals surface area contributed by atoms with Crippen LogP contribution in [0.4, 0.5) is 5.69 Å². The Balaban J connectivity index is 1.21. The second-order valence-corrected chi connectivity index (χ2v) is 8.49. The summed E-state index contributed by atoms with van der Waals surface area (Å²) in [5, 5.41) is 12.6. The molecule has 0 bridgehead atoms. The average molecular weight is 426 g/mol. The molecule has 6 heteroatoms. The average Bonchev–Trinajstić information content (AvgIpc) is 3.05. The first-order valence-electron chi connectivity index (χ1n) is 11.6. The fourth-order valence-electron chi connectivity index (χ4n) is 4.30. The molecular weight excluding hydrogens is 390 g/mol. The Labute approximate surface area is 185 Å². The summed E-state index contributed by atoms with van der Waals surface area (Å²) in [4.78, 5) is 10.5. The first-order chi connectivity index (χ1) is 15.3. The number of aliphatic hydroxyl groups is 1. The minimum Gasteiger partial charge on any atom is -0.491 e. The van der Waals surface area contributed by atoms with Gasteiger partial charge in [0.05, 0.1) is 6.61 Å². The molecule has 1 atom stereocenters. The summed E-state index contributed by atoms with van der Waals surface area (Å²) in [7, 11) is 0. The van der Waals surface area contributed by atoms with Gasteiger partial charge in [0.15, 0.2) is 0 Å². The van der Waals surface area contributed by atoms with Gasteiger partial charge >= 0.3 is 0 Å². The number of hydrogen-bond acceptors (Lipinski definition) is 6. The minimum atomic E-state index is -0.502. The van der Waals surface area contributed by atoms with Crippen molar-refractivity contribution in [2.75, 3.05) is 57.4 Å². The van der Waals surface area contributed by atoms with Crippen LogP contribution >= 0.6 is 0 Å². The highest BCUT2D eigenvalue weighted by Gasteiger charge is 2.18. The van der Waals surface area contributed by atoms with Gasteiger partial charge in [-0.2, -0.15) is 5.06 Å². The normalized spacial score (nSPS) is 19.7. The number of ether oxygens (including phenoxy) is 1. The summed E-state index contributed by atoms with van der Waals surface area (Å²) >= 11 is 0. The van der Waals surface area contributed by atoms with Gasteiger partial charge in [0, 0.05) is 45.0 Å². The van der Waals surface area contributed by atoms with Gasteiger partial charge in [-0.15, -0.1) is 0 Å². The Bertz CT molecular complexity index is 783. The van der Waals surface area contributed by atoms with E-state index < -0.39 is 6.10 Å². The summed E-state index contributed by atoms with van der Waals surface area (Å²) in [6.45, 7) is 7.50. The summed E-state index contributed by atoms with van der Waals surface area (Å²) in [5.74, 6) is 0.805. The molecular formula is C25H35N3O3. The van der Waals surface area contributed by atoms with Crippen LogP contribution < -0.4 is 9.64 Å². The van der Waals surface area contributed by atoms with Gasteiger partial charge in [-0.1, -0.05) is 30.3 Å². The van der Waals surface area contributed by atoms with Gasteiger partial charge in [0.25, 0.3) is 0 Å². The highest BCUT2D eigenvalue weighted by Crippen LogP contribution is 2.18. The zero-order chi connectivity index (χ0) is 21.3. The highest BCUT2D eigenvalue weighted by atomic mass is 16.7. The van der Waals surface area contributed by atoms with E-state index in [-0.39, 0.29) is 0 Å². The Morgan fingerprint density at radius 1 is 0.903 bits per heavy atom. The van der Waals surface area contributed by atoms with Crippen LogP contribution in [-0.2, 0) is 11.4 Å². The smallest absolute Gasteiger partial charge is 0.119 e. The van der Waals surface area contributed by atoms with Crippen LogP contribution in [0.5, 0.6) is 5.75 Å². The van der Waals surface area contributed by atoms with Crippen LogP contribution in [0.3, 0.4) is 0 Å². The molecule has 0 aliphatic carbocycles. The number of anilines is 1. The summed E-state index contributed by atoms with van der Waals surface area (Å²) in [5.41, 5.74) is 2.45. The number of benzene rings is 2. The van der Waals surface area contributed by atoms with E-state index in [1.54, 1.807) is 0 Å². The molecule has 1 N–H and O–H groups in total. The number of β-amino-alcohol motifs (C(OH)–C–C–N with tert-alkyl or cyclic N) is 1. The zero-order valence-corrected chi connectivity index (χ0v) is 18.4. The van der Waals surface area contributed by atoms with E-state index >= 15 is 0 Å². The van der Waals surface area contributed by atoms with E-state index in [2.05, 4.69) is 46.2 Å². The fourth-order valence-corrected chi connectivity index (χ4v) is 4.30. The quantitative estimate of drug-likeness (QED) is 0.701. The van der Waals surface area contributed by atoms with E-state index in [4.69, 9.17) is 9.57 Å². The van der Waals surface area contributed by atoms with Crippen molar-refractivity contribution in [2.24, 2.45) is 0 Å². The molecule has 168 valence electrons. The topological polar surface area (TPSA) is 48.4 Å². The number of nitrogens with zero attached hydrogens (tertiary/aromatic N) is 3. The van der Waals surface area contributed by atoms with Crippen LogP contribution in [-0.4, -0.2) is 73.7 Å². The number of rotatable bonds is 8. The van der Waals surface area contributed by atoms with Crippen LogP contribution in [0, 0.1) is 0 Å². The molecule has 6 nitrogen and oxygen atoms in total. The van der Waals surface area contributed by atoms with Gasteiger partial charge in [-0.25, -0.2) is 0 Å². The summed E-state index contributed by atoms with van der Waals surface area (Å²) < 4.78 is 5.91. The van der Waals surface area contributed by atoms with E-state index in [9.17, 15) is 5.11 Å². The van der Waals surface area contributed by atoms with Gasteiger partial charge in [0.2, 0.25) is 0 Å². The third-order valence-corrected chi connectivity index (χ3v) is 5.95. The van der Waals surface area contributed by atoms with Crippen LogP contribution in [0.15, 0.2) is 54.6 Å². The van der Waals surface area contributed by atoms with E-state index in [1.807, 2.05) is 23.3 Å². The molecule has 0 radical (unpaired) electrons. The molecule has 2 heterocycles. The lowest BCUT2D eigenvalue weighted by molar-refractivity contribution is -0.187. The van der Waals surface area contributed by atoms with Gasteiger partial charge < -0.3 is 14.7 Å². The van der Waals surface area contributed by atoms with Crippen molar-refractivity contribution in [2.45, 2.75) is 31.9 Å². The van der Waals surface area contributed by atoms with Gasteiger partial charge in [0.1, 0.15) is 18.5 Å². The largest absolute Gasteiger partial charge is 0.491 e. The second-order valence-electron chi connectivity index (χ2n) is 8.49. The Morgan fingerprint density at radius 3 is 2.65 bits per heavy atom. The third-order valence-electron chi connectivity index (χ3n) is 5.95. The lowest BCUT2D eigenvalue weighted by atomic mass is 10.2. The zero-order valence-electron chi connectivity index (χ0n) is 18.4. The predicted molar refractivity (Wildman–Crippen MR) is 123 cm³/mol. The molecule has 0 aromatic heterocycles. The molecule has 4 rings (SSSR count). The van der Waals surface area contributed by atoms with Crippen molar-refractivity contribution < 1.29 is 14.7 Å². The Kier molecular flexibility index (Phi) is 8.18. The number of hydrogen-bond donors (Lipinski definition) is 1. The molecule has 2 fully saturated rings. The van der Waals surface area contributed by atoms with Crippen molar-refractivity contribution in [3.05, 3.63) is 60.2 Å². The van der Waals surface area contributed by atoms with E-state index in [0.717, 1.165) is 64.5 Å². The highest BCUT2D eigenvalue weighted by molar-refractivity contribution is 5.46. The van der Waals surface area contributed by atoms with Crippen LogP contribution in [0.1, 0.15) is 24.8 Å². The van der Waals surface area contributed by atoms with Crippen LogP contribution in [0.2, 0.25) is 0 Å². The molecule has 1 unspecified atom stereocenters. The van der Waals surface area contributed by atoms with Crippen LogP contribution in [0.25, 0.3) is 0 Å². The molecule has 2 saturated heterocycles. The third kappa shape index (κ3) is 6.94. The Hall–Kier alpha value is -2.12. The molecule has 31 heavy (non-hydrogen) atoms. The molecule has 2 aromatic carbocycles. The Morgan fingerprint density at radius 2 is 1.81 bits per heavy atom. The monoisotopic (exact) mass is 425 g/mol. The fraction of sp³-hybridized carbons (Fsp3) is 0.520. The predicted octanol–water partition coefficient (Wildman–Crippen LogP) is 3.17. The van der Waals surface area contributed by atoms with Gasteiger partial charge in [-0.05, 0) is 55.6 Å². The first kappa shape index (κ1) is 22.1. The molecule has 2 aromatic rings. The number of hydroxylamine groups is 2. The molecule has 0 spiro atoms. The number of para-hydroxylation sites is 1. The maximum Gasteiger partial charge on any atom is 0.119 e. The lowest BCUT2D eigenvalue weighted by Crippen LogP contribution is -2.38. The van der Waals surface area contributed by atoms with Crippen molar-refractivity contribution >= 4 is 5.69 Å². The SMILES string of the molecule is OC(COc1cccc(CN2CCCCO2)c1)CN1CCCN(c2ccccc2)CC1. The molecule has 2 aliphatic heterocycles. The van der Waals surface area contributed by atoms with E-state index in [0.29, 0.717) is 13.2 Å². The van der Waals surface area contributed by atoms with Crippen molar-refractivity contribution in [3.63, 3.8) is 0 Å². The molecule has 0 saturated carbocycles. The van der Waals surface area contributed by atoms with Gasteiger partial charge in [-0.3, -0.25) is 9.74 Å². The summed E-state index contributed by atoms with van der Waals surface area (Å²) in [6.07, 6.45) is 2.92. The van der Waals surface area contributed by atoms with E-state index in [1.165, 1.54) is 17.7 Å². The lowest BCUT2D eigenvalue weighted by Gasteiger charge is -2.26.